The predicted molar refractivity (Wildman–Crippen MR) is 77.7 cm³/mol. The molecule has 0 heterocycles. The molecule has 18 heavy (non-hydrogen) atoms. The fourth-order valence-electron chi connectivity index (χ4n) is 3.48. The van der Waals surface area contributed by atoms with Crippen molar-refractivity contribution in [2.45, 2.75) is 51.5 Å². The maximum absolute atomic E-state index is 6.12. The number of rotatable bonds is 7. The summed E-state index contributed by atoms with van der Waals surface area (Å²) in [5.74, 6) is 1.65. The van der Waals surface area contributed by atoms with Gasteiger partial charge in [-0.05, 0) is 38.1 Å². The second kappa shape index (κ2) is 7.46. The first-order chi connectivity index (χ1) is 8.54. The molecule has 2 N–H and O–H groups in total. The van der Waals surface area contributed by atoms with Gasteiger partial charge in [0, 0.05) is 25.7 Å². The molecule has 2 unspecified atom stereocenters. The Labute approximate surface area is 113 Å². The molecule has 0 amide bonds. The highest BCUT2D eigenvalue weighted by molar-refractivity contribution is 4.95. The van der Waals surface area contributed by atoms with Crippen LogP contribution < -0.4 is 5.73 Å². The molecule has 1 fully saturated rings. The van der Waals surface area contributed by atoms with Gasteiger partial charge in [-0.1, -0.05) is 26.7 Å². The Balaban J connectivity index is 2.61. The highest BCUT2D eigenvalue weighted by atomic mass is 16.5. The maximum Gasteiger partial charge on any atom is 0.0589 e. The van der Waals surface area contributed by atoms with E-state index in [1.807, 2.05) is 0 Å². The van der Waals surface area contributed by atoms with Crippen molar-refractivity contribution in [3.05, 3.63) is 0 Å². The Morgan fingerprint density at radius 1 is 1.44 bits per heavy atom. The predicted octanol–water partition coefficient (Wildman–Crippen LogP) is 2.50. The first-order valence-corrected chi connectivity index (χ1v) is 7.44. The summed E-state index contributed by atoms with van der Waals surface area (Å²) in [6, 6.07) is 0. The number of methoxy groups -OCH3 is 1. The average Bonchev–Trinajstić information content (AvgIpc) is 2.35. The van der Waals surface area contributed by atoms with Crippen LogP contribution in [0.1, 0.15) is 46.0 Å². The van der Waals surface area contributed by atoms with Crippen LogP contribution in [0.3, 0.4) is 0 Å². The second-order valence-electron chi connectivity index (χ2n) is 6.43. The zero-order chi connectivity index (χ0) is 13.6. The summed E-state index contributed by atoms with van der Waals surface area (Å²) < 4.78 is 5.20. The lowest BCUT2D eigenvalue weighted by Crippen LogP contribution is -2.55. The van der Waals surface area contributed by atoms with Gasteiger partial charge in [-0.3, -0.25) is 4.90 Å². The van der Waals surface area contributed by atoms with E-state index >= 15 is 0 Å². The van der Waals surface area contributed by atoms with Gasteiger partial charge in [0.15, 0.2) is 0 Å². The van der Waals surface area contributed by atoms with E-state index in [2.05, 4.69) is 25.8 Å². The van der Waals surface area contributed by atoms with E-state index in [-0.39, 0.29) is 5.54 Å². The molecule has 0 aromatic carbocycles. The smallest absolute Gasteiger partial charge is 0.0589 e. The lowest BCUT2D eigenvalue weighted by molar-refractivity contribution is 0.0330. The van der Waals surface area contributed by atoms with Crippen LogP contribution in [-0.4, -0.2) is 44.3 Å². The molecule has 108 valence electrons. The summed E-state index contributed by atoms with van der Waals surface area (Å²) in [6.45, 7) is 7.22. The molecule has 0 aromatic heterocycles. The molecular formula is C15H32N2O. The molecule has 3 nitrogen and oxygen atoms in total. The van der Waals surface area contributed by atoms with Crippen molar-refractivity contribution in [1.82, 2.24) is 4.90 Å². The molecule has 0 radical (unpaired) electrons. The summed E-state index contributed by atoms with van der Waals surface area (Å²) in [5, 5.41) is 0. The van der Waals surface area contributed by atoms with Crippen molar-refractivity contribution in [2.24, 2.45) is 17.6 Å². The zero-order valence-corrected chi connectivity index (χ0v) is 12.7. The normalized spacial score (nSPS) is 29.2. The van der Waals surface area contributed by atoms with Crippen molar-refractivity contribution >= 4 is 0 Å². The molecule has 0 spiro atoms. The monoisotopic (exact) mass is 256 g/mol. The zero-order valence-electron chi connectivity index (χ0n) is 12.7. The van der Waals surface area contributed by atoms with E-state index in [9.17, 15) is 0 Å². The Morgan fingerprint density at radius 2 is 2.17 bits per heavy atom. The fourth-order valence-corrected chi connectivity index (χ4v) is 3.48. The first kappa shape index (κ1) is 15.9. The van der Waals surface area contributed by atoms with Gasteiger partial charge < -0.3 is 10.5 Å². The fraction of sp³-hybridized carbons (Fsp3) is 1.00. The van der Waals surface area contributed by atoms with Crippen molar-refractivity contribution < 1.29 is 4.74 Å². The highest BCUT2D eigenvalue weighted by Crippen LogP contribution is 2.38. The number of nitrogens with zero attached hydrogens (tertiary/aromatic N) is 1. The molecule has 3 heteroatoms. The van der Waals surface area contributed by atoms with Crippen molar-refractivity contribution in [3.63, 3.8) is 0 Å². The van der Waals surface area contributed by atoms with Crippen molar-refractivity contribution in [2.75, 3.05) is 33.9 Å². The first-order valence-electron chi connectivity index (χ1n) is 7.44. The third-order valence-corrected chi connectivity index (χ3v) is 4.55. The molecule has 0 aromatic rings. The van der Waals surface area contributed by atoms with Crippen LogP contribution in [0.2, 0.25) is 0 Å². The van der Waals surface area contributed by atoms with Crippen LogP contribution in [0.4, 0.5) is 0 Å². The lowest BCUT2D eigenvalue weighted by atomic mass is 9.72. The van der Waals surface area contributed by atoms with Gasteiger partial charge in [-0.25, -0.2) is 0 Å². The minimum Gasteiger partial charge on any atom is -0.383 e. The standard InChI is InChI=1S/C15H32N2O/c1-13(2)10-14-6-5-7-15(11-14,12-16)17(3)8-9-18-4/h13-14H,5-12,16H2,1-4H3. The second-order valence-corrected chi connectivity index (χ2v) is 6.43. The summed E-state index contributed by atoms with van der Waals surface area (Å²) in [7, 11) is 3.98. The van der Waals surface area contributed by atoms with E-state index in [1.165, 1.54) is 32.1 Å². The van der Waals surface area contributed by atoms with Crippen LogP contribution in [0.15, 0.2) is 0 Å². The third kappa shape index (κ3) is 4.22. The number of likely N-dealkylation sites (N-methyl/N-ethyl adjacent to an activating group) is 1. The Kier molecular flexibility index (Phi) is 6.61. The van der Waals surface area contributed by atoms with Gasteiger partial charge in [-0.2, -0.15) is 0 Å². The summed E-state index contributed by atoms with van der Waals surface area (Å²) in [5.41, 5.74) is 6.34. The van der Waals surface area contributed by atoms with Crippen LogP contribution >= 0.6 is 0 Å². The molecule has 1 saturated carbocycles. The minimum absolute atomic E-state index is 0.219. The largest absolute Gasteiger partial charge is 0.383 e. The minimum atomic E-state index is 0.219. The van der Waals surface area contributed by atoms with Gasteiger partial charge in [0.2, 0.25) is 0 Å². The Morgan fingerprint density at radius 3 is 2.72 bits per heavy atom. The van der Waals surface area contributed by atoms with E-state index in [0.29, 0.717) is 0 Å². The van der Waals surface area contributed by atoms with Gasteiger partial charge >= 0.3 is 0 Å². The van der Waals surface area contributed by atoms with Crippen LogP contribution in [0, 0.1) is 11.8 Å². The third-order valence-electron chi connectivity index (χ3n) is 4.55. The molecule has 0 bridgehead atoms. The summed E-state index contributed by atoms with van der Waals surface area (Å²) >= 11 is 0. The SMILES string of the molecule is COCCN(C)C1(CN)CCCC(CC(C)C)C1. The van der Waals surface area contributed by atoms with Crippen LogP contribution in [0.25, 0.3) is 0 Å². The average molecular weight is 256 g/mol. The van der Waals surface area contributed by atoms with Crippen LogP contribution in [0.5, 0.6) is 0 Å². The van der Waals surface area contributed by atoms with E-state index in [0.717, 1.165) is 31.5 Å². The van der Waals surface area contributed by atoms with Crippen molar-refractivity contribution in [1.29, 1.82) is 0 Å². The highest BCUT2D eigenvalue weighted by Gasteiger charge is 2.38. The molecule has 0 saturated heterocycles. The quantitative estimate of drug-likeness (QED) is 0.760. The van der Waals surface area contributed by atoms with E-state index < -0.39 is 0 Å². The lowest BCUT2D eigenvalue weighted by Gasteiger charge is -2.47. The molecule has 1 aliphatic rings. The topological polar surface area (TPSA) is 38.5 Å². The number of hydrogen-bond acceptors (Lipinski definition) is 3. The summed E-state index contributed by atoms with van der Waals surface area (Å²) in [6.07, 6.45) is 6.57. The summed E-state index contributed by atoms with van der Waals surface area (Å²) in [4.78, 5) is 2.45. The van der Waals surface area contributed by atoms with Gasteiger partial charge in [0.1, 0.15) is 0 Å². The molecule has 1 rings (SSSR count). The van der Waals surface area contributed by atoms with Gasteiger partial charge in [-0.15, -0.1) is 0 Å². The number of hydrogen-bond donors (Lipinski definition) is 1. The Bertz CT molecular complexity index is 233. The maximum atomic E-state index is 6.12. The number of ether oxygens (including phenoxy) is 1. The molecule has 2 atom stereocenters. The van der Waals surface area contributed by atoms with E-state index in [1.54, 1.807) is 7.11 Å². The molecule has 0 aliphatic heterocycles. The van der Waals surface area contributed by atoms with Gasteiger partial charge in [0.25, 0.3) is 0 Å². The Hall–Kier alpha value is -0.120. The molecule has 1 aliphatic carbocycles. The van der Waals surface area contributed by atoms with Crippen LogP contribution in [-0.2, 0) is 4.74 Å². The number of nitrogens with two attached hydrogens (primary N) is 1. The van der Waals surface area contributed by atoms with E-state index in [4.69, 9.17) is 10.5 Å². The van der Waals surface area contributed by atoms with Gasteiger partial charge in [0.05, 0.1) is 6.61 Å². The van der Waals surface area contributed by atoms with Crippen molar-refractivity contribution in [3.8, 4) is 0 Å². The molecular weight excluding hydrogens is 224 g/mol.